The average Bonchev–Trinajstić information content (AvgIpc) is 3.01. The maximum Gasteiger partial charge on any atom is 0.332 e. The fourth-order valence-corrected chi connectivity index (χ4v) is 3.81. The molecule has 1 aromatic rings. The van der Waals surface area contributed by atoms with Gasteiger partial charge in [-0.3, -0.25) is 9.52 Å². The van der Waals surface area contributed by atoms with Crippen molar-refractivity contribution < 1.29 is 27.5 Å². The molecule has 25 heavy (non-hydrogen) atoms. The van der Waals surface area contributed by atoms with Gasteiger partial charge in [-0.15, -0.1) is 11.6 Å². The first kappa shape index (κ1) is 18.2. The van der Waals surface area contributed by atoms with Crippen LogP contribution in [0.4, 0.5) is 20.6 Å². The molecule has 1 aromatic carbocycles. The van der Waals surface area contributed by atoms with Crippen LogP contribution >= 0.6 is 23.2 Å². The van der Waals surface area contributed by atoms with Crippen LogP contribution in [0.3, 0.4) is 0 Å². The number of nitrogens with one attached hydrogen (secondary N) is 1. The molecule has 12 heteroatoms. The Morgan fingerprint density at radius 3 is 2.64 bits per heavy atom. The van der Waals surface area contributed by atoms with Crippen molar-refractivity contribution in [2.24, 2.45) is 0 Å². The fourth-order valence-electron chi connectivity index (χ4n) is 2.83. The Labute approximate surface area is 152 Å². The predicted molar refractivity (Wildman–Crippen MR) is 88.7 cm³/mol. The van der Waals surface area contributed by atoms with E-state index in [4.69, 9.17) is 23.2 Å². The van der Waals surface area contributed by atoms with Gasteiger partial charge in [-0.2, -0.15) is 0 Å². The Hall–Kier alpha value is -1.62. The molecule has 0 saturated carbocycles. The number of sulfonamides is 1. The summed E-state index contributed by atoms with van der Waals surface area (Å²) in [7, 11) is -3.92. The topological polar surface area (TPSA) is 107 Å². The van der Waals surface area contributed by atoms with Crippen LogP contribution in [0, 0.1) is 5.82 Å². The zero-order valence-electron chi connectivity index (χ0n) is 12.4. The molecular formula is C13H12Cl2FN3O5S. The van der Waals surface area contributed by atoms with Gasteiger partial charge < -0.3 is 10.0 Å². The first-order chi connectivity index (χ1) is 11.6. The Morgan fingerprint density at radius 2 is 2.04 bits per heavy atom. The monoisotopic (exact) mass is 411 g/mol. The highest BCUT2D eigenvalue weighted by molar-refractivity contribution is 7.93. The summed E-state index contributed by atoms with van der Waals surface area (Å²) in [6, 6.07) is 0.0808. The van der Waals surface area contributed by atoms with Gasteiger partial charge >= 0.3 is 6.03 Å². The van der Waals surface area contributed by atoms with Crippen LogP contribution in [0.2, 0.25) is 5.02 Å². The SMILES string of the molecule is O=C1C2CC(O)CN2C(=O)N1c1cc(NS(=O)(=O)CCl)c(Cl)cc1F. The average molecular weight is 412 g/mol. The first-order valence-corrected chi connectivity index (χ1v) is 9.59. The summed E-state index contributed by atoms with van der Waals surface area (Å²) in [5.74, 6) is -1.67. The number of hydrogen-bond acceptors (Lipinski definition) is 5. The summed E-state index contributed by atoms with van der Waals surface area (Å²) in [5, 5.41) is 8.55. The molecular weight excluding hydrogens is 400 g/mol. The van der Waals surface area contributed by atoms with Crippen molar-refractivity contribution >= 4 is 56.5 Å². The van der Waals surface area contributed by atoms with Crippen molar-refractivity contribution in [1.29, 1.82) is 0 Å². The van der Waals surface area contributed by atoms with Gasteiger partial charge in [0.2, 0.25) is 10.0 Å². The molecule has 2 unspecified atom stereocenters. The number of imide groups is 1. The zero-order valence-corrected chi connectivity index (χ0v) is 14.8. The maximum absolute atomic E-state index is 14.3. The van der Waals surface area contributed by atoms with Gasteiger partial charge in [-0.05, 0) is 12.1 Å². The first-order valence-electron chi connectivity index (χ1n) is 7.02. The third-order valence-corrected chi connectivity index (χ3v) is 5.90. The highest BCUT2D eigenvalue weighted by Crippen LogP contribution is 2.36. The second-order valence-electron chi connectivity index (χ2n) is 5.62. The number of carbonyl (C=O) groups is 2. The molecule has 0 spiro atoms. The van der Waals surface area contributed by atoms with Gasteiger partial charge in [-0.1, -0.05) is 11.6 Å². The number of amides is 3. The third kappa shape index (κ3) is 3.14. The number of fused-ring (bicyclic) bond motifs is 1. The van der Waals surface area contributed by atoms with Crippen molar-refractivity contribution in [2.75, 3.05) is 21.4 Å². The molecule has 8 nitrogen and oxygen atoms in total. The number of hydrogen-bond donors (Lipinski definition) is 2. The van der Waals surface area contributed by atoms with E-state index in [0.29, 0.717) is 4.90 Å². The van der Waals surface area contributed by atoms with Crippen LogP contribution in [-0.4, -0.2) is 54.3 Å². The second kappa shape index (κ2) is 6.27. The standard InChI is InChI=1S/C13H12Cl2FN3O5S/c14-5-25(23,24)17-9-3-10(8(16)2-7(9)15)19-12(21)11-1-6(20)4-18(11)13(19)22/h2-3,6,11,17,20H,1,4-5H2. The van der Waals surface area contributed by atoms with E-state index in [1.54, 1.807) is 0 Å². The summed E-state index contributed by atoms with van der Waals surface area (Å²) in [5.41, 5.74) is -0.651. The molecule has 0 bridgehead atoms. The lowest BCUT2D eigenvalue weighted by molar-refractivity contribution is -0.119. The number of benzene rings is 1. The Balaban J connectivity index is 2.00. The molecule has 2 aliphatic rings. The van der Waals surface area contributed by atoms with Gasteiger partial charge in [0.05, 0.1) is 22.5 Å². The Kier molecular flexibility index (Phi) is 4.56. The maximum atomic E-state index is 14.3. The van der Waals surface area contributed by atoms with Gasteiger partial charge in [0.1, 0.15) is 17.1 Å². The van der Waals surface area contributed by atoms with Crippen LogP contribution in [-0.2, 0) is 14.8 Å². The minimum absolute atomic E-state index is 0.0350. The lowest BCUT2D eigenvalue weighted by Crippen LogP contribution is -2.35. The second-order valence-corrected chi connectivity index (χ2v) is 8.34. The van der Waals surface area contributed by atoms with Gasteiger partial charge in [-0.25, -0.2) is 22.5 Å². The summed E-state index contributed by atoms with van der Waals surface area (Å²) >= 11 is 11.1. The molecule has 2 atom stereocenters. The van der Waals surface area contributed by atoms with E-state index in [2.05, 4.69) is 4.72 Å². The molecule has 2 N–H and O–H groups in total. The largest absolute Gasteiger partial charge is 0.391 e. The van der Waals surface area contributed by atoms with Crippen molar-refractivity contribution in [3.8, 4) is 0 Å². The fraction of sp³-hybridized carbons (Fsp3) is 0.385. The van der Waals surface area contributed by atoms with Crippen LogP contribution in [0.15, 0.2) is 12.1 Å². The number of aliphatic hydroxyl groups is 1. The molecule has 2 aliphatic heterocycles. The number of halogens is 3. The predicted octanol–water partition coefficient (Wildman–Crippen LogP) is 1.32. The molecule has 2 saturated heterocycles. The summed E-state index contributed by atoms with van der Waals surface area (Å²) in [4.78, 5) is 26.6. The van der Waals surface area contributed by atoms with Crippen LogP contribution in [0.5, 0.6) is 0 Å². The molecule has 2 fully saturated rings. The van der Waals surface area contributed by atoms with Crippen molar-refractivity contribution in [3.63, 3.8) is 0 Å². The summed E-state index contributed by atoms with van der Waals surface area (Å²) in [6.07, 6.45) is -0.761. The normalized spacial score (nSPS) is 23.4. The highest BCUT2D eigenvalue weighted by Gasteiger charge is 2.51. The van der Waals surface area contributed by atoms with Gasteiger partial charge in [0.25, 0.3) is 5.91 Å². The Bertz CT molecular complexity index is 841. The molecule has 0 radical (unpaired) electrons. The lowest BCUT2D eigenvalue weighted by atomic mass is 10.2. The minimum atomic E-state index is -3.92. The summed E-state index contributed by atoms with van der Waals surface area (Å²) < 4.78 is 39.5. The number of anilines is 2. The number of urea groups is 1. The van der Waals surface area contributed by atoms with Gasteiger partial charge in [0, 0.05) is 13.0 Å². The van der Waals surface area contributed by atoms with Crippen LogP contribution in [0.25, 0.3) is 0 Å². The zero-order chi connectivity index (χ0) is 18.5. The van der Waals surface area contributed by atoms with Crippen molar-refractivity contribution in [3.05, 3.63) is 23.0 Å². The van der Waals surface area contributed by atoms with E-state index >= 15 is 0 Å². The highest BCUT2D eigenvalue weighted by atomic mass is 35.5. The molecule has 0 aliphatic carbocycles. The molecule has 0 aromatic heterocycles. The van der Waals surface area contributed by atoms with E-state index in [9.17, 15) is 27.5 Å². The third-order valence-electron chi connectivity index (χ3n) is 3.91. The molecule has 2 heterocycles. The van der Waals surface area contributed by atoms with Crippen molar-refractivity contribution in [1.82, 2.24) is 4.90 Å². The van der Waals surface area contributed by atoms with Gasteiger partial charge in [0.15, 0.2) is 0 Å². The summed E-state index contributed by atoms with van der Waals surface area (Å²) in [6.45, 7) is -0.0350. The van der Waals surface area contributed by atoms with Crippen molar-refractivity contribution in [2.45, 2.75) is 18.6 Å². The molecule has 3 amide bonds. The number of alkyl halides is 1. The van der Waals surface area contributed by atoms with E-state index in [1.807, 2.05) is 0 Å². The van der Waals surface area contributed by atoms with E-state index < -0.39 is 50.8 Å². The number of carbonyl (C=O) groups excluding carboxylic acids is 2. The van der Waals surface area contributed by atoms with E-state index in [1.165, 1.54) is 0 Å². The van der Waals surface area contributed by atoms with E-state index in [-0.39, 0.29) is 23.7 Å². The lowest BCUT2D eigenvalue weighted by Gasteiger charge is -2.18. The minimum Gasteiger partial charge on any atom is -0.391 e. The smallest absolute Gasteiger partial charge is 0.332 e. The number of rotatable bonds is 4. The quantitative estimate of drug-likeness (QED) is 0.573. The molecule has 3 rings (SSSR count). The number of aliphatic hydroxyl groups excluding tert-OH is 1. The van der Waals surface area contributed by atoms with Crippen LogP contribution < -0.4 is 9.62 Å². The van der Waals surface area contributed by atoms with E-state index in [0.717, 1.165) is 17.0 Å². The number of nitrogens with zero attached hydrogens (tertiary/aromatic N) is 2. The van der Waals surface area contributed by atoms with Crippen LogP contribution in [0.1, 0.15) is 6.42 Å². The molecule has 136 valence electrons. The Morgan fingerprint density at radius 1 is 1.36 bits per heavy atom.